The van der Waals surface area contributed by atoms with E-state index in [4.69, 9.17) is 4.74 Å². The minimum absolute atomic E-state index is 0.0189. The lowest BCUT2D eigenvalue weighted by Gasteiger charge is -2.19. The highest BCUT2D eigenvalue weighted by Gasteiger charge is 2.22. The summed E-state index contributed by atoms with van der Waals surface area (Å²) in [4.78, 5) is 35.4. The molecule has 0 heterocycles. The smallest absolute Gasteiger partial charge is 0.140 e. The summed E-state index contributed by atoms with van der Waals surface area (Å²) in [6, 6.07) is 5.89. The van der Waals surface area contributed by atoms with Gasteiger partial charge in [0.15, 0.2) is 0 Å². The molecule has 4 nitrogen and oxygen atoms in total. The van der Waals surface area contributed by atoms with Crippen molar-refractivity contribution >= 4 is 17.3 Å². The van der Waals surface area contributed by atoms with Gasteiger partial charge in [-0.15, -0.1) is 0 Å². The van der Waals surface area contributed by atoms with E-state index in [0.717, 1.165) is 16.9 Å². The average molecular weight is 302 g/mol. The second-order valence-electron chi connectivity index (χ2n) is 5.96. The number of benzene rings is 1. The van der Waals surface area contributed by atoms with Gasteiger partial charge in [0.1, 0.15) is 23.1 Å². The molecule has 1 aromatic carbocycles. The molecule has 0 aliphatic heterocycles. The van der Waals surface area contributed by atoms with Gasteiger partial charge in [-0.1, -0.05) is 12.1 Å². The Morgan fingerprint density at radius 3 is 2.36 bits per heavy atom. The molecule has 0 spiro atoms. The van der Waals surface area contributed by atoms with Gasteiger partial charge in [-0.05, 0) is 36.5 Å². The Morgan fingerprint density at radius 1 is 1.00 bits per heavy atom. The van der Waals surface area contributed by atoms with Crippen LogP contribution in [0.5, 0.6) is 5.75 Å². The lowest BCUT2D eigenvalue weighted by atomic mass is 9.85. The van der Waals surface area contributed by atoms with Crippen LogP contribution in [0, 0.1) is 6.92 Å². The number of Topliss-reactive ketones (excluding diaryl/α,β-unsaturated/α-hetero) is 3. The van der Waals surface area contributed by atoms with Crippen molar-refractivity contribution in [3.8, 4) is 5.75 Å². The van der Waals surface area contributed by atoms with Crippen LogP contribution < -0.4 is 4.74 Å². The summed E-state index contributed by atoms with van der Waals surface area (Å²) < 4.78 is 5.26. The number of hydrogen-bond acceptors (Lipinski definition) is 4. The summed E-state index contributed by atoms with van der Waals surface area (Å²) in [5.74, 6) is 0.818. The number of methoxy groups -OCH3 is 1. The van der Waals surface area contributed by atoms with E-state index < -0.39 is 0 Å². The Kier molecular flexibility index (Phi) is 5.47. The van der Waals surface area contributed by atoms with Gasteiger partial charge < -0.3 is 4.74 Å². The summed E-state index contributed by atoms with van der Waals surface area (Å²) in [7, 11) is 1.63. The fraction of sp³-hybridized carbons (Fsp3) is 0.500. The molecule has 1 saturated carbocycles. The molecule has 0 amide bonds. The predicted molar refractivity (Wildman–Crippen MR) is 83.2 cm³/mol. The third-order valence-corrected chi connectivity index (χ3v) is 4.21. The molecular weight excluding hydrogens is 280 g/mol. The lowest BCUT2D eigenvalue weighted by Crippen LogP contribution is -2.16. The number of ketones is 3. The second-order valence-corrected chi connectivity index (χ2v) is 5.96. The standard InChI is InChI=1S/C18H22O4/c1-12-9-13(4-8-18(12)22-2)14-3-5-16(20)11-17(21)7-6-15(19)10-14/h4,8-9,14H,3,5-7,10-11H2,1-2H3/t14-/m0/s1. The van der Waals surface area contributed by atoms with Crippen molar-refractivity contribution < 1.29 is 19.1 Å². The van der Waals surface area contributed by atoms with E-state index in [2.05, 4.69) is 0 Å². The van der Waals surface area contributed by atoms with Crippen LogP contribution in [-0.2, 0) is 14.4 Å². The minimum Gasteiger partial charge on any atom is -0.496 e. The molecule has 1 aliphatic rings. The number of ether oxygens (including phenoxy) is 1. The maximum Gasteiger partial charge on any atom is 0.140 e. The molecule has 22 heavy (non-hydrogen) atoms. The molecular formula is C18H22O4. The van der Waals surface area contributed by atoms with Crippen LogP contribution >= 0.6 is 0 Å². The van der Waals surface area contributed by atoms with E-state index in [9.17, 15) is 14.4 Å². The maximum atomic E-state index is 12.1. The highest BCUT2D eigenvalue weighted by atomic mass is 16.5. The van der Waals surface area contributed by atoms with E-state index >= 15 is 0 Å². The largest absolute Gasteiger partial charge is 0.496 e. The topological polar surface area (TPSA) is 60.4 Å². The number of carbonyl (C=O) groups is 3. The molecule has 1 aromatic rings. The highest BCUT2D eigenvalue weighted by Crippen LogP contribution is 2.30. The van der Waals surface area contributed by atoms with E-state index in [0.29, 0.717) is 19.3 Å². The van der Waals surface area contributed by atoms with E-state index in [1.165, 1.54) is 0 Å². The zero-order chi connectivity index (χ0) is 16.1. The Morgan fingerprint density at radius 2 is 1.68 bits per heavy atom. The SMILES string of the molecule is COc1ccc([C@H]2CCC(=O)CC(=O)CCC(=O)C2)cc1C. The molecule has 4 heteroatoms. The summed E-state index contributed by atoms with van der Waals surface area (Å²) in [5, 5.41) is 0. The van der Waals surface area contributed by atoms with Gasteiger partial charge >= 0.3 is 0 Å². The summed E-state index contributed by atoms with van der Waals surface area (Å²) in [6.45, 7) is 1.97. The zero-order valence-corrected chi connectivity index (χ0v) is 13.2. The van der Waals surface area contributed by atoms with Crippen LogP contribution in [-0.4, -0.2) is 24.5 Å². The van der Waals surface area contributed by atoms with Gasteiger partial charge in [0, 0.05) is 25.7 Å². The monoisotopic (exact) mass is 302 g/mol. The summed E-state index contributed by atoms with van der Waals surface area (Å²) >= 11 is 0. The third-order valence-electron chi connectivity index (χ3n) is 4.21. The molecule has 0 saturated heterocycles. The lowest BCUT2D eigenvalue weighted by molar-refractivity contribution is -0.129. The second kappa shape index (κ2) is 7.34. The molecule has 0 aromatic heterocycles. The first-order valence-corrected chi connectivity index (χ1v) is 7.69. The molecule has 0 radical (unpaired) electrons. The van der Waals surface area contributed by atoms with Crippen LogP contribution in [0.15, 0.2) is 18.2 Å². The molecule has 0 unspecified atom stereocenters. The predicted octanol–water partition coefficient (Wildman–Crippen LogP) is 3.15. The van der Waals surface area contributed by atoms with Crippen molar-refractivity contribution in [1.29, 1.82) is 0 Å². The molecule has 1 aliphatic carbocycles. The van der Waals surface area contributed by atoms with E-state index in [-0.39, 0.29) is 42.5 Å². The van der Waals surface area contributed by atoms with Crippen molar-refractivity contribution in [1.82, 2.24) is 0 Å². The molecule has 2 rings (SSSR count). The Balaban J connectivity index is 2.19. The van der Waals surface area contributed by atoms with Crippen LogP contribution in [0.3, 0.4) is 0 Å². The molecule has 0 N–H and O–H groups in total. The first-order valence-electron chi connectivity index (χ1n) is 7.69. The van der Waals surface area contributed by atoms with Crippen LogP contribution in [0.25, 0.3) is 0 Å². The maximum absolute atomic E-state index is 12.1. The number of rotatable bonds is 2. The van der Waals surface area contributed by atoms with Crippen LogP contribution in [0.1, 0.15) is 55.6 Å². The highest BCUT2D eigenvalue weighted by molar-refractivity contribution is 6.00. The summed E-state index contributed by atoms with van der Waals surface area (Å²) in [6.07, 6.45) is 1.78. The van der Waals surface area contributed by atoms with Gasteiger partial charge in [0.2, 0.25) is 0 Å². The van der Waals surface area contributed by atoms with Gasteiger partial charge in [0.05, 0.1) is 13.5 Å². The van der Waals surface area contributed by atoms with Crippen molar-refractivity contribution in [3.63, 3.8) is 0 Å². The Bertz CT molecular complexity index is 589. The Labute approximate surface area is 130 Å². The molecule has 118 valence electrons. The zero-order valence-electron chi connectivity index (χ0n) is 13.2. The number of carbonyl (C=O) groups excluding carboxylic acids is 3. The van der Waals surface area contributed by atoms with Crippen molar-refractivity contribution in [2.45, 2.75) is 51.4 Å². The molecule has 0 bridgehead atoms. The first-order chi connectivity index (χ1) is 10.5. The van der Waals surface area contributed by atoms with Crippen molar-refractivity contribution in [3.05, 3.63) is 29.3 Å². The minimum atomic E-state index is -0.114. The van der Waals surface area contributed by atoms with Crippen molar-refractivity contribution in [2.75, 3.05) is 7.11 Å². The number of aryl methyl sites for hydroxylation is 1. The van der Waals surface area contributed by atoms with Crippen LogP contribution in [0.2, 0.25) is 0 Å². The first kappa shape index (κ1) is 16.4. The van der Waals surface area contributed by atoms with E-state index in [1.54, 1.807) is 7.11 Å². The van der Waals surface area contributed by atoms with Gasteiger partial charge in [0.25, 0.3) is 0 Å². The summed E-state index contributed by atoms with van der Waals surface area (Å²) in [5.41, 5.74) is 2.08. The van der Waals surface area contributed by atoms with Crippen molar-refractivity contribution in [2.24, 2.45) is 0 Å². The van der Waals surface area contributed by atoms with Gasteiger partial charge in [-0.2, -0.15) is 0 Å². The van der Waals surface area contributed by atoms with Gasteiger partial charge in [-0.3, -0.25) is 14.4 Å². The normalized spacial score (nSPS) is 20.8. The molecule has 1 atom stereocenters. The fourth-order valence-corrected chi connectivity index (χ4v) is 2.93. The van der Waals surface area contributed by atoms with Gasteiger partial charge in [-0.25, -0.2) is 0 Å². The van der Waals surface area contributed by atoms with Crippen LogP contribution in [0.4, 0.5) is 0 Å². The molecule has 1 fully saturated rings. The third kappa shape index (κ3) is 4.26. The Hall–Kier alpha value is -1.97. The van der Waals surface area contributed by atoms with E-state index in [1.807, 2.05) is 25.1 Å². The average Bonchev–Trinajstić information content (AvgIpc) is 2.48. The fourth-order valence-electron chi connectivity index (χ4n) is 2.93. The quantitative estimate of drug-likeness (QED) is 0.787. The number of hydrogen-bond donors (Lipinski definition) is 0.